The van der Waals surface area contributed by atoms with Crippen LogP contribution in [-0.2, 0) is 7.05 Å². The number of nitrogens with zero attached hydrogens (tertiary/aromatic N) is 3. The molecule has 35 heavy (non-hydrogen) atoms. The lowest BCUT2D eigenvalue weighted by Crippen LogP contribution is -2.28. The van der Waals surface area contributed by atoms with Gasteiger partial charge in [0.15, 0.2) is 6.20 Å². The van der Waals surface area contributed by atoms with Crippen molar-refractivity contribution in [3.05, 3.63) is 65.9 Å². The molecule has 0 aliphatic heterocycles. The molecule has 0 spiro atoms. The van der Waals surface area contributed by atoms with Crippen LogP contribution in [0, 0.1) is 0 Å². The average molecular weight is 473 g/mol. The third-order valence-corrected chi connectivity index (χ3v) is 7.05. The Morgan fingerprint density at radius 1 is 0.686 bits per heavy atom. The van der Waals surface area contributed by atoms with Crippen molar-refractivity contribution in [2.45, 2.75) is 66.2 Å². The Kier molecular flexibility index (Phi) is 10.7. The lowest BCUT2D eigenvalue weighted by atomic mass is 10.1. The molecular weight excluding hydrogens is 426 g/mol. The zero-order chi connectivity index (χ0) is 25.0. The zero-order valence-electron chi connectivity index (χ0n) is 22.8. The fourth-order valence-corrected chi connectivity index (χ4v) is 4.81. The van der Waals surface area contributed by atoms with Crippen molar-refractivity contribution in [2.24, 2.45) is 7.05 Å². The number of benzene rings is 2. The standard InChI is InChI=1S/C32H46N3/c1-6-10-12-23-35(24-13-11-7-2)29-18-15-27(16-19-29)14-17-28-22-25-33(5)32-21-20-30(26-31(28)32)34(8-3)9-4/h14-22,25-26H,6-13,23-24H2,1-5H3/q+1. The van der Waals surface area contributed by atoms with Gasteiger partial charge in [-0.1, -0.05) is 63.8 Å². The molecule has 0 N–H and O–H groups in total. The quantitative estimate of drug-likeness (QED) is 0.174. The van der Waals surface area contributed by atoms with Crippen LogP contribution in [0.15, 0.2) is 54.7 Å². The van der Waals surface area contributed by atoms with Gasteiger partial charge in [-0.15, -0.1) is 0 Å². The number of aryl methyl sites for hydroxylation is 1. The summed E-state index contributed by atoms with van der Waals surface area (Å²) in [6.07, 6.45) is 14.4. The molecule has 0 amide bonds. The van der Waals surface area contributed by atoms with Crippen LogP contribution in [0.4, 0.5) is 11.4 Å². The molecule has 0 fully saturated rings. The van der Waals surface area contributed by atoms with E-state index in [0.717, 1.165) is 26.2 Å². The Bertz CT molecular complexity index is 1050. The van der Waals surface area contributed by atoms with E-state index in [1.54, 1.807) is 0 Å². The van der Waals surface area contributed by atoms with E-state index in [2.05, 4.69) is 116 Å². The lowest BCUT2D eigenvalue weighted by molar-refractivity contribution is -0.644. The molecule has 2 aromatic carbocycles. The van der Waals surface area contributed by atoms with Crippen LogP contribution in [0.2, 0.25) is 0 Å². The van der Waals surface area contributed by atoms with E-state index in [1.807, 2.05) is 0 Å². The number of hydrogen-bond acceptors (Lipinski definition) is 2. The molecule has 0 unspecified atom stereocenters. The van der Waals surface area contributed by atoms with Crippen LogP contribution in [-0.4, -0.2) is 26.2 Å². The van der Waals surface area contributed by atoms with E-state index < -0.39 is 0 Å². The minimum atomic E-state index is 1.02. The first kappa shape index (κ1) is 26.8. The van der Waals surface area contributed by atoms with Crippen molar-refractivity contribution < 1.29 is 4.57 Å². The second kappa shape index (κ2) is 13.9. The molecule has 0 aliphatic carbocycles. The third-order valence-electron chi connectivity index (χ3n) is 7.05. The molecule has 0 saturated carbocycles. The van der Waals surface area contributed by atoms with Crippen LogP contribution >= 0.6 is 0 Å². The van der Waals surface area contributed by atoms with E-state index in [1.165, 1.54) is 71.9 Å². The summed E-state index contributed by atoms with van der Waals surface area (Å²) in [5.41, 5.74) is 6.41. The predicted octanol–water partition coefficient (Wildman–Crippen LogP) is 7.87. The Morgan fingerprint density at radius 2 is 1.31 bits per heavy atom. The summed E-state index contributed by atoms with van der Waals surface area (Å²) in [5.74, 6) is 0. The van der Waals surface area contributed by atoms with E-state index in [4.69, 9.17) is 0 Å². The highest BCUT2D eigenvalue weighted by Gasteiger charge is 2.11. The van der Waals surface area contributed by atoms with E-state index >= 15 is 0 Å². The number of fused-ring (bicyclic) bond motifs is 1. The van der Waals surface area contributed by atoms with Gasteiger partial charge >= 0.3 is 0 Å². The highest BCUT2D eigenvalue weighted by Crippen LogP contribution is 2.25. The van der Waals surface area contributed by atoms with Crippen molar-refractivity contribution in [3.8, 4) is 0 Å². The maximum absolute atomic E-state index is 2.58. The number of anilines is 2. The second-order valence-corrected chi connectivity index (χ2v) is 9.58. The summed E-state index contributed by atoms with van der Waals surface area (Å²) >= 11 is 0. The summed E-state index contributed by atoms with van der Waals surface area (Å²) in [4.78, 5) is 4.99. The maximum Gasteiger partial charge on any atom is 0.212 e. The Labute approximate surface area is 214 Å². The van der Waals surface area contributed by atoms with Gasteiger partial charge < -0.3 is 9.80 Å². The molecule has 3 rings (SSSR count). The van der Waals surface area contributed by atoms with Crippen molar-refractivity contribution in [1.29, 1.82) is 0 Å². The van der Waals surface area contributed by atoms with Crippen molar-refractivity contribution in [2.75, 3.05) is 36.0 Å². The molecule has 3 aromatic rings. The number of unbranched alkanes of at least 4 members (excludes halogenated alkanes) is 4. The summed E-state index contributed by atoms with van der Waals surface area (Å²) in [5, 5.41) is 1.30. The normalized spacial score (nSPS) is 11.5. The van der Waals surface area contributed by atoms with Crippen LogP contribution in [0.3, 0.4) is 0 Å². The van der Waals surface area contributed by atoms with E-state index in [0.29, 0.717) is 0 Å². The van der Waals surface area contributed by atoms with Gasteiger partial charge in [0.05, 0.1) is 5.39 Å². The summed E-state index contributed by atoms with van der Waals surface area (Å²) < 4.78 is 2.21. The molecule has 0 aliphatic rings. The molecule has 3 nitrogen and oxygen atoms in total. The topological polar surface area (TPSA) is 10.4 Å². The Balaban J connectivity index is 1.81. The monoisotopic (exact) mass is 472 g/mol. The summed E-state index contributed by atoms with van der Waals surface area (Å²) in [6.45, 7) is 13.4. The summed E-state index contributed by atoms with van der Waals surface area (Å²) in [6, 6.07) is 18.2. The van der Waals surface area contributed by atoms with Crippen molar-refractivity contribution in [1.82, 2.24) is 0 Å². The molecular formula is C32H46N3+. The SMILES string of the molecule is CCCCCN(CCCCC)c1ccc(C=Cc2cc[n+](C)c3ccc(N(CC)CC)cc23)cc1. The molecule has 0 bridgehead atoms. The molecule has 1 aromatic heterocycles. The molecule has 0 saturated heterocycles. The molecule has 188 valence electrons. The van der Waals surface area contributed by atoms with Gasteiger partial charge in [-0.25, -0.2) is 4.57 Å². The van der Waals surface area contributed by atoms with Crippen molar-refractivity contribution in [3.63, 3.8) is 0 Å². The van der Waals surface area contributed by atoms with Crippen molar-refractivity contribution >= 4 is 34.4 Å². The average Bonchev–Trinajstić information content (AvgIpc) is 2.89. The van der Waals surface area contributed by atoms with Gasteiger partial charge in [0, 0.05) is 49.7 Å². The minimum Gasteiger partial charge on any atom is -0.372 e. The lowest BCUT2D eigenvalue weighted by Gasteiger charge is -2.25. The molecule has 0 atom stereocenters. The van der Waals surface area contributed by atoms with Crippen LogP contribution in [0.5, 0.6) is 0 Å². The highest BCUT2D eigenvalue weighted by molar-refractivity contribution is 5.91. The number of hydrogen-bond donors (Lipinski definition) is 0. The Hall–Kier alpha value is -2.81. The minimum absolute atomic E-state index is 1.02. The fourth-order valence-electron chi connectivity index (χ4n) is 4.81. The van der Waals surface area contributed by atoms with Crippen LogP contribution < -0.4 is 14.4 Å². The third kappa shape index (κ3) is 7.34. The Morgan fingerprint density at radius 3 is 1.91 bits per heavy atom. The van der Waals surface area contributed by atoms with Gasteiger partial charge in [0.1, 0.15) is 7.05 Å². The smallest absolute Gasteiger partial charge is 0.212 e. The first-order valence-electron chi connectivity index (χ1n) is 13.8. The number of pyridine rings is 1. The number of rotatable bonds is 14. The molecule has 1 heterocycles. The van der Waals surface area contributed by atoms with Crippen LogP contribution in [0.1, 0.15) is 77.3 Å². The van der Waals surface area contributed by atoms with Gasteiger partial charge in [-0.3, -0.25) is 0 Å². The van der Waals surface area contributed by atoms with Crippen LogP contribution in [0.25, 0.3) is 23.1 Å². The van der Waals surface area contributed by atoms with Gasteiger partial charge in [-0.2, -0.15) is 0 Å². The number of aromatic nitrogens is 1. The largest absolute Gasteiger partial charge is 0.372 e. The van der Waals surface area contributed by atoms with Gasteiger partial charge in [0.2, 0.25) is 5.52 Å². The fraction of sp³-hybridized carbons (Fsp3) is 0.469. The maximum atomic E-state index is 2.58. The van der Waals surface area contributed by atoms with Gasteiger partial charge in [-0.05, 0) is 62.1 Å². The first-order chi connectivity index (χ1) is 17.1. The molecule has 3 heteroatoms. The highest BCUT2D eigenvalue weighted by atomic mass is 15.1. The second-order valence-electron chi connectivity index (χ2n) is 9.58. The van der Waals surface area contributed by atoms with E-state index in [9.17, 15) is 0 Å². The van der Waals surface area contributed by atoms with Gasteiger partial charge in [0.25, 0.3) is 0 Å². The zero-order valence-corrected chi connectivity index (χ0v) is 22.8. The predicted molar refractivity (Wildman–Crippen MR) is 155 cm³/mol. The summed E-state index contributed by atoms with van der Waals surface area (Å²) in [7, 11) is 2.12. The van der Waals surface area contributed by atoms with E-state index in [-0.39, 0.29) is 0 Å². The first-order valence-corrected chi connectivity index (χ1v) is 13.8. The molecule has 0 radical (unpaired) electrons.